The molecule has 1 saturated heterocycles. The van der Waals surface area contributed by atoms with Crippen LogP contribution in [0.4, 0.5) is 0 Å². The second-order valence-electron chi connectivity index (χ2n) is 5.42. The Morgan fingerprint density at radius 3 is 2.61 bits per heavy atom. The average molecular weight is 320 g/mol. The lowest BCUT2D eigenvalue weighted by molar-refractivity contribution is 0.0389. The van der Waals surface area contributed by atoms with E-state index >= 15 is 0 Å². The summed E-state index contributed by atoms with van der Waals surface area (Å²) in [5, 5.41) is 6.68. The molecule has 1 heterocycles. The number of nitrogens with one attached hydrogen (secondary N) is 2. The number of hydrogen-bond acceptors (Lipinski definition) is 4. The number of hydrogen-bond donors (Lipinski definition) is 2. The zero-order valence-corrected chi connectivity index (χ0v) is 14.2. The molecule has 23 heavy (non-hydrogen) atoms. The second-order valence-corrected chi connectivity index (χ2v) is 5.42. The van der Waals surface area contributed by atoms with Crippen molar-refractivity contribution < 1.29 is 9.47 Å². The summed E-state index contributed by atoms with van der Waals surface area (Å²) in [6, 6.07) is 8.01. The SMILES string of the molecule is CCNC(=NCc1ccc(OC)cc1)NCCN1CCOCC1. The maximum Gasteiger partial charge on any atom is 0.191 e. The van der Waals surface area contributed by atoms with Crippen molar-refractivity contribution in [1.82, 2.24) is 15.5 Å². The van der Waals surface area contributed by atoms with Crippen molar-refractivity contribution in [2.45, 2.75) is 13.5 Å². The Morgan fingerprint density at radius 1 is 1.22 bits per heavy atom. The summed E-state index contributed by atoms with van der Waals surface area (Å²) in [5.41, 5.74) is 1.16. The lowest BCUT2D eigenvalue weighted by Crippen LogP contribution is -2.44. The van der Waals surface area contributed by atoms with E-state index in [2.05, 4.69) is 27.4 Å². The third-order valence-electron chi connectivity index (χ3n) is 3.75. The minimum atomic E-state index is 0.650. The quantitative estimate of drug-likeness (QED) is 0.582. The number of aliphatic imine (C=N–C) groups is 1. The first kappa shape index (κ1) is 17.6. The fraction of sp³-hybridized carbons (Fsp3) is 0.588. The van der Waals surface area contributed by atoms with Gasteiger partial charge in [-0.1, -0.05) is 12.1 Å². The molecule has 1 fully saturated rings. The standard InChI is InChI=1S/C17H28N4O2/c1-3-18-17(19-8-9-21-10-12-23-13-11-21)20-14-15-4-6-16(22-2)7-5-15/h4-7H,3,8-14H2,1-2H3,(H2,18,19,20). The molecule has 0 atom stereocenters. The predicted molar refractivity (Wildman–Crippen MR) is 93.1 cm³/mol. The predicted octanol–water partition coefficient (Wildman–Crippen LogP) is 1.08. The van der Waals surface area contributed by atoms with E-state index in [1.54, 1.807) is 7.11 Å². The summed E-state index contributed by atoms with van der Waals surface area (Å²) in [6.07, 6.45) is 0. The molecule has 0 unspecified atom stereocenters. The smallest absolute Gasteiger partial charge is 0.191 e. The van der Waals surface area contributed by atoms with Gasteiger partial charge in [-0.15, -0.1) is 0 Å². The van der Waals surface area contributed by atoms with Crippen LogP contribution in [0.2, 0.25) is 0 Å². The highest BCUT2D eigenvalue weighted by Crippen LogP contribution is 2.11. The van der Waals surface area contributed by atoms with Crippen molar-refractivity contribution in [1.29, 1.82) is 0 Å². The van der Waals surface area contributed by atoms with E-state index in [9.17, 15) is 0 Å². The van der Waals surface area contributed by atoms with Crippen LogP contribution in [0.15, 0.2) is 29.3 Å². The van der Waals surface area contributed by atoms with Crippen LogP contribution < -0.4 is 15.4 Å². The van der Waals surface area contributed by atoms with Crippen molar-refractivity contribution in [3.05, 3.63) is 29.8 Å². The molecule has 1 aromatic rings. The minimum Gasteiger partial charge on any atom is -0.497 e. The molecule has 0 amide bonds. The topological polar surface area (TPSA) is 58.1 Å². The van der Waals surface area contributed by atoms with E-state index < -0.39 is 0 Å². The average Bonchev–Trinajstić information content (AvgIpc) is 2.61. The monoisotopic (exact) mass is 320 g/mol. The van der Waals surface area contributed by atoms with Crippen molar-refractivity contribution >= 4 is 5.96 Å². The Kier molecular flexibility index (Phi) is 7.69. The van der Waals surface area contributed by atoms with Crippen LogP contribution in [0.3, 0.4) is 0 Å². The maximum atomic E-state index is 5.36. The van der Waals surface area contributed by atoms with E-state index in [-0.39, 0.29) is 0 Å². The van der Waals surface area contributed by atoms with Gasteiger partial charge in [0.1, 0.15) is 5.75 Å². The molecule has 0 aliphatic carbocycles. The minimum absolute atomic E-state index is 0.650. The molecule has 2 N–H and O–H groups in total. The van der Waals surface area contributed by atoms with Crippen LogP contribution >= 0.6 is 0 Å². The fourth-order valence-corrected chi connectivity index (χ4v) is 2.40. The molecule has 6 nitrogen and oxygen atoms in total. The van der Waals surface area contributed by atoms with Gasteiger partial charge < -0.3 is 20.1 Å². The Balaban J connectivity index is 1.78. The Labute approximate surface area is 138 Å². The van der Waals surface area contributed by atoms with Crippen molar-refractivity contribution in [2.75, 3.05) is 53.0 Å². The Morgan fingerprint density at radius 2 is 1.96 bits per heavy atom. The van der Waals surface area contributed by atoms with Gasteiger partial charge in [0.15, 0.2) is 5.96 Å². The summed E-state index contributed by atoms with van der Waals surface area (Å²) in [5.74, 6) is 1.73. The van der Waals surface area contributed by atoms with Gasteiger partial charge in [-0.2, -0.15) is 0 Å². The first-order valence-electron chi connectivity index (χ1n) is 8.27. The first-order valence-corrected chi connectivity index (χ1v) is 8.27. The van der Waals surface area contributed by atoms with Gasteiger partial charge >= 0.3 is 0 Å². The van der Waals surface area contributed by atoms with Crippen molar-refractivity contribution in [2.24, 2.45) is 4.99 Å². The highest BCUT2D eigenvalue weighted by Gasteiger charge is 2.09. The molecule has 128 valence electrons. The molecular formula is C17H28N4O2. The Bertz CT molecular complexity index is 470. The molecule has 0 aromatic heterocycles. The number of benzene rings is 1. The Hall–Kier alpha value is -1.79. The zero-order valence-electron chi connectivity index (χ0n) is 14.2. The number of ether oxygens (including phenoxy) is 2. The fourth-order valence-electron chi connectivity index (χ4n) is 2.40. The third-order valence-corrected chi connectivity index (χ3v) is 3.75. The lowest BCUT2D eigenvalue weighted by Gasteiger charge is -2.26. The maximum absolute atomic E-state index is 5.36. The highest BCUT2D eigenvalue weighted by molar-refractivity contribution is 5.79. The molecule has 1 aliphatic heterocycles. The zero-order chi connectivity index (χ0) is 16.3. The molecule has 0 spiro atoms. The van der Waals surface area contributed by atoms with Gasteiger partial charge in [-0.25, -0.2) is 4.99 Å². The summed E-state index contributed by atoms with van der Waals surface area (Å²) in [7, 11) is 1.68. The summed E-state index contributed by atoms with van der Waals surface area (Å²) >= 11 is 0. The summed E-state index contributed by atoms with van der Waals surface area (Å²) < 4.78 is 10.5. The first-order chi connectivity index (χ1) is 11.3. The molecule has 6 heteroatoms. The molecule has 1 aromatic carbocycles. The van der Waals surface area contributed by atoms with Crippen molar-refractivity contribution in [3.63, 3.8) is 0 Å². The summed E-state index contributed by atoms with van der Waals surface area (Å²) in [4.78, 5) is 7.04. The van der Waals surface area contributed by atoms with E-state index in [1.165, 1.54) is 0 Å². The number of guanidine groups is 1. The molecule has 1 aliphatic rings. The van der Waals surface area contributed by atoms with Gasteiger partial charge in [0.25, 0.3) is 0 Å². The van der Waals surface area contributed by atoms with Gasteiger partial charge in [0, 0.05) is 32.7 Å². The lowest BCUT2D eigenvalue weighted by atomic mass is 10.2. The molecule has 0 bridgehead atoms. The highest BCUT2D eigenvalue weighted by atomic mass is 16.5. The third kappa shape index (κ3) is 6.46. The molecule has 0 radical (unpaired) electrons. The van der Waals surface area contributed by atoms with Crippen LogP contribution in [0.5, 0.6) is 5.75 Å². The van der Waals surface area contributed by atoms with Crippen LogP contribution in [0.1, 0.15) is 12.5 Å². The van der Waals surface area contributed by atoms with Crippen LogP contribution in [0, 0.1) is 0 Å². The van der Waals surface area contributed by atoms with Crippen molar-refractivity contribution in [3.8, 4) is 5.75 Å². The van der Waals surface area contributed by atoms with Gasteiger partial charge in [0.2, 0.25) is 0 Å². The number of methoxy groups -OCH3 is 1. The number of morpholine rings is 1. The number of nitrogens with zero attached hydrogens (tertiary/aromatic N) is 2. The summed E-state index contributed by atoms with van der Waals surface area (Å²) in [6.45, 7) is 9.18. The van der Waals surface area contributed by atoms with E-state index in [0.29, 0.717) is 6.54 Å². The van der Waals surface area contributed by atoms with Gasteiger partial charge in [0.05, 0.1) is 26.9 Å². The molecular weight excluding hydrogens is 292 g/mol. The van der Waals surface area contributed by atoms with E-state index in [0.717, 1.165) is 63.2 Å². The van der Waals surface area contributed by atoms with Gasteiger partial charge in [-0.3, -0.25) is 4.90 Å². The van der Waals surface area contributed by atoms with Crippen LogP contribution in [0.25, 0.3) is 0 Å². The second kappa shape index (κ2) is 10.1. The molecule has 0 saturated carbocycles. The van der Waals surface area contributed by atoms with Crippen LogP contribution in [-0.4, -0.2) is 63.9 Å². The van der Waals surface area contributed by atoms with E-state index in [1.807, 2.05) is 24.3 Å². The molecule has 2 rings (SSSR count). The largest absolute Gasteiger partial charge is 0.497 e. The van der Waals surface area contributed by atoms with Gasteiger partial charge in [-0.05, 0) is 24.6 Å². The van der Waals surface area contributed by atoms with E-state index in [4.69, 9.17) is 9.47 Å². The van der Waals surface area contributed by atoms with Crippen LogP contribution in [-0.2, 0) is 11.3 Å². The number of rotatable bonds is 7. The normalized spacial score (nSPS) is 16.2.